The van der Waals surface area contributed by atoms with Crippen molar-refractivity contribution in [2.24, 2.45) is 0 Å². The van der Waals surface area contributed by atoms with Gasteiger partial charge in [-0.25, -0.2) is 0 Å². The molecule has 0 spiro atoms. The second-order valence-corrected chi connectivity index (χ2v) is 9.83. The zero-order valence-electron chi connectivity index (χ0n) is 20.8. The number of amides is 1. The van der Waals surface area contributed by atoms with Crippen LogP contribution in [0.15, 0.2) is 84.9 Å². The Labute approximate surface area is 212 Å². The van der Waals surface area contributed by atoms with Crippen LogP contribution in [0.4, 0.5) is 0 Å². The monoisotopic (exact) mass is 479 g/mol. The first kappa shape index (κ1) is 24.2. The molecule has 36 heavy (non-hydrogen) atoms. The number of fused-ring (bicyclic) bond motifs is 2. The third-order valence-electron chi connectivity index (χ3n) is 7.25. The van der Waals surface area contributed by atoms with Crippen LogP contribution < -0.4 is 0 Å². The van der Waals surface area contributed by atoms with Crippen molar-refractivity contribution in [3.63, 3.8) is 0 Å². The van der Waals surface area contributed by atoms with Crippen molar-refractivity contribution in [1.29, 1.82) is 0 Å². The van der Waals surface area contributed by atoms with Crippen LogP contribution in [-0.2, 0) is 22.7 Å². The van der Waals surface area contributed by atoms with Gasteiger partial charge in [-0.2, -0.15) is 0 Å². The standard InChI is InChI=1S/C31H33N3O2/c1-32-15-6-16-33(21-24-11-13-26-7-2-4-9-28(26)19-24)23-30(32)31(36)34(17-18-35)22-25-12-14-27-8-3-5-10-29(27)20-25/h2-5,7-14,18-20,30H,6,15-17,21-23H2,1H3. The first-order chi connectivity index (χ1) is 17.6. The van der Waals surface area contributed by atoms with Crippen LogP contribution in [0, 0.1) is 0 Å². The van der Waals surface area contributed by atoms with E-state index in [1.165, 1.54) is 21.7 Å². The second kappa shape index (κ2) is 11.0. The highest BCUT2D eigenvalue weighted by atomic mass is 16.2. The molecular weight excluding hydrogens is 446 g/mol. The lowest BCUT2D eigenvalue weighted by molar-refractivity contribution is -0.139. The summed E-state index contributed by atoms with van der Waals surface area (Å²) in [5.74, 6) is 0.0168. The lowest BCUT2D eigenvalue weighted by Gasteiger charge is -2.32. The Bertz CT molecular complexity index is 1370. The Balaban J connectivity index is 1.33. The lowest BCUT2D eigenvalue weighted by atomic mass is 10.1. The molecule has 1 amide bonds. The fourth-order valence-corrected chi connectivity index (χ4v) is 5.27. The average molecular weight is 480 g/mol. The minimum Gasteiger partial charge on any atom is -0.330 e. The zero-order chi connectivity index (χ0) is 24.9. The molecule has 0 aromatic heterocycles. The number of rotatable bonds is 7. The summed E-state index contributed by atoms with van der Waals surface area (Å²) in [5.41, 5.74) is 2.29. The molecule has 4 aromatic carbocycles. The van der Waals surface area contributed by atoms with Gasteiger partial charge in [0.2, 0.25) is 5.91 Å². The number of nitrogens with zero attached hydrogens (tertiary/aromatic N) is 3. The van der Waals surface area contributed by atoms with E-state index in [-0.39, 0.29) is 18.5 Å². The van der Waals surface area contributed by atoms with Crippen LogP contribution in [0.2, 0.25) is 0 Å². The van der Waals surface area contributed by atoms with Crippen molar-refractivity contribution < 1.29 is 9.59 Å². The Morgan fingerprint density at radius 3 is 2.14 bits per heavy atom. The Morgan fingerprint density at radius 2 is 1.47 bits per heavy atom. The molecule has 1 atom stereocenters. The topological polar surface area (TPSA) is 43.9 Å². The van der Waals surface area contributed by atoms with Crippen LogP contribution in [0.1, 0.15) is 17.5 Å². The van der Waals surface area contributed by atoms with Gasteiger partial charge in [0.05, 0.1) is 6.54 Å². The summed E-state index contributed by atoms with van der Waals surface area (Å²) in [4.78, 5) is 31.6. The molecule has 1 fully saturated rings. The number of benzene rings is 4. The van der Waals surface area contributed by atoms with Crippen LogP contribution in [0.25, 0.3) is 21.5 Å². The third-order valence-corrected chi connectivity index (χ3v) is 7.25. The fraction of sp³-hybridized carbons (Fsp3) is 0.290. The number of carbonyl (C=O) groups excluding carboxylic acids is 2. The van der Waals surface area contributed by atoms with Gasteiger partial charge in [0.1, 0.15) is 12.3 Å². The summed E-state index contributed by atoms with van der Waals surface area (Å²) in [6, 6.07) is 29.2. The second-order valence-electron chi connectivity index (χ2n) is 9.83. The van der Waals surface area contributed by atoms with Crippen molar-refractivity contribution in [2.75, 3.05) is 33.2 Å². The quantitative estimate of drug-likeness (QED) is 0.360. The van der Waals surface area contributed by atoms with E-state index in [4.69, 9.17) is 0 Å². The van der Waals surface area contributed by atoms with Gasteiger partial charge in [0.25, 0.3) is 0 Å². The van der Waals surface area contributed by atoms with Crippen LogP contribution in [0.3, 0.4) is 0 Å². The lowest BCUT2D eigenvalue weighted by Crippen LogP contribution is -2.51. The molecule has 0 radical (unpaired) electrons. The van der Waals surface area contributed by atoms with E-state index < -0.39 is 0 Å². The van der Waals surface area contributed by atoms with Crippen molar-refractivity contribution in [3.05, 3.63) is 96.1 Å². The van der Waals surface area contributed by atoms with Gasteiger partial charge in [-0.15, -0.1) is 0 Å². The normalized spacial score (nSPS) is 17.2. The van der Waals surface area contributed by atoms with Gasteiger partial charge in [0, 0.05) is 19.6 Å². The molecule has 5 nitrogen and oxygen atoms in total. The first-order valence-electron chi connectivity index (χ1n) is 12.7. The highest BCUT2D eigenvalue weighted by molar-refractivity contribution is 5.85. The summed E-state index contributed by atoms with van der Waals surface area (Å²) in [5, 5.41) is 4.79. The van der Waals surface area contributed by atoms with Gasteiger partial charge in [-0.1, -0.05) is 72.8 Å². The largest absolute Gasteiger partial charge is 0.330 e. The van der Waals surface area contributed by atoms with Crippen molar-refractivity contribution in [3.8, 4) is 0 Å². The molecule has 4 aromatic rings. The molecule has 0 N–H and O–H groups in total. The van der Waals surface area contributed by atoms with E-state index in [0.29, 0.717) is 13.1 Å². The molecule has 1 saturated heterocycles. The van der Waals surface area contributed by atoms with E-state index in [2.05, 4.69) is 82.6 Å². The van der Waals surface area contributed by atoms with Gasteiger partial charge < -0.3 is 9.69 Å². The minimum atomic E-state index is -0.284. The van der Waals surface area contributed by atoms with Crippen molar-refractivity contribution in [1.82, 2.24) is 14.7 Å². The van der Waals surface area contributed by atoms with Crippen LogP contribution in [0.5, 0.6) is 0 Å². The van der Waals surface area contributed by atoms with Gasteiger partial charge in [-0.3, -0.25) is 14.6 Å². The summed E-state index contributed by atoms with van der Waals surface area (Å²) in [6.45, 7) is 3.78. The summed E-state index contributed by atoms with van der Waals surface area (Å²) in [6.07, 6.45) is 1.84. The predicted octanol–water partition coefficient (Wildman–Crippen LogP) is 4.73. The summed E-state index contributed by atoms with van der Waals surface area (Å²) in [7, 11) is 2.03. The maximum atomic E-state index is 13.8. The van der Waals surface area contributed by atoms with Crippen molar-refractivity contribution in [2.45, 2.75) is 25.6 Å². The van der Waals surface area contributed by atoms with Crippen molar-refractivity contribution >= 4 is 33.7 Å². The minimum absolute atomic E-state index is 0.0168. The SMILES string of the molecule is CN1CCCN(Cc2ccc3ccccc3c2)CC1C(=O)N(CC=O)Cc1ccc2ccccc2c1. The van der Waals surface area contributed by atoms with E-state index in [9.17, 15) is 9.59 Å². The van der Waals surface area contributed by atoms with Gasteiger partial charge in [0.15, 0.2) is 0 Å². The Kier molecular flexibility index (Phi) is 7.40. The van der Waals surface area contributed by atoms with E-state index in [1.54, 1.807) is 4.90 Å². The molecule has 1 aliphatic heterocycles. The summed E-state index contributed by atoms with van der Waals surface area (Å²) < 4.78 is 0. The molecule has 184 valence electrons. The van der Waals surface area contributed by atoms with Crippen LogP contribution in [-0.4, -0.2) is 66.2 Å². The number of aldehydes is 1. The maximum absolute atomic E-state index is 13.8. The highest BCUT2D eigenvalue weighted by Gasteiger charge is 2.31. The summed E-state index contributed by atoms with van der Waals surface area (Å²) >= 11 is 0. The number of likely N-dealkylation sites (N-methyl/N-ethyl adjacent to an activating group) is 1. The number of hydrogen-bond acceptors (Lipinski definition) is 4. The fourth-order valence-electron chi connectivity index (χ4n) is 5.27. The molecule has 5 heteroatoms. The molecule has 0 bridgehead atoms. The first-order valence-corrected chi connectivity index (χ1v) is 12.7. The Morgan fingerprint density at radius 1 is 0.861 bits per heavy atom. The molecule has 1 unspecified atom stereocenters. The third kappa shape index (κ3) is 5.48. The number of carbonyl (C=O) groups is 2. The highest BCUT2D eigenvalue weighted by Crippen LogP contribution is 2.21. The van der Waals surface area contributed by atoms with E-state index in [1.807, 2.05) is 19.2 Å². The molecule has 0 aliphatic carbocycles. The zero-order valence-corrected chi connectivity index (χ0v) is 20.8. The van der Waals surface area contributed by atoms with E-state index in [0.717, 1.165) is 43.3 Å². The predicted molar refractivity (Wildman–Crippen MR) is 146 cm³/mol. The van der Waals surface area contributed by atoms with E-state index >= 15 is 0 Å². The molecule has 0 saturated carbocycles. The molecule has 5 rings (SSSR count). The van der Waals surface area contributed by atoms with Gasteiger partial charge in [-0.05, 0) is 71.4 Å². The maximum Gasteiger partial charge on any atom is 0.241 e. The van der Waals surface area contributed by atoms with Crippen LogP contribution >= 0.6 is 0 Å². The molecule has 1 heterocycles. The smallest absolute Gasteiger partial charge is 0.241 e. The molecular formula is C31H33N3O2. The van der Waals surface area contributed by atoms with Gasteiger partial charge >= 0.3 is 0 Å². The average Bonchev–Trinajstić information content (AvgIpc) is 3.08. The molecule has 1 aliphatic rings. The number of hydrogen-bond donors (Lipinski definition) is 0. The Hall–Kier alpha value is -3.54.